The normalized spacial score (nSPS) is 14.7. The Bertz CT molecular complexity index is 1320. The summed E-state index contributed by atoms with van der Waals surface area (Å²) in [6, 6.07) is 24.8. The molecule has 53 heavy (non-hydrogen) atoms. The molecule has 0 aromatic heterocycles. The summed E-state index contributed by atoms with van der Waals surface area (Å²) in [6.07, 6.45) is 16.9. The monoisotopic (exact) mass is 733 g/mol. The summed E-state index contributed by atoms with van der Waals surface area (Å²) >= 11 is 0. The highest BCUT2D eigenvalue weighted by Gasteiger charge is 2.26. The van der Waals surface area contributed by atoms with Gasteiger partial charge in [0.25, 0.3) is 5.91 Å². The van der Waals surface area contributed by atoms with Crippen molar-refractivity contribution in [1.29, 1.82) is 0 Å². The first-order valence-corrected chi connectivity index (χ1v) is 20.1. The number of nitrogens with one attached hydrogen (secondary N) is 1. The lowest BCUT2D eigenvalue weighted by Gasteiger charge is -2.25. The minimum atomic E-state index is -0.763. The third-order valence-electron chi connectivity index (χ3n) is 9.24. The number of carbonyl (C=O) groups excluding carboxylic acids is 1. The molecule has 1 aliphatic heterocycles. The molecule has 0 saturated heterocycles. The molecule has 9 heteroatoms. The molecule has 1 amide bonds. The number of amides is 1. The SMILES string of the molecule is CCCCCCCCCCCCCCCCC(OC1COc2ccccc2OCCOCCOc2ccccc2OC1)C(=O)NOCc1ccccc1. The highest BCUT2D eigenvalue weighted by Crippen LogP contribution is 2.29. The van der Waals surface area contributed by atoms with E-state index in [0.29, 0.717) is 55.8 Å². The molecule has 0 aliphatic carbocycles. The number of hydrogen-bond acceptors (Lipinski definition) is 8. The average Bonchev–Trinajstić information content (AvgIpc) is 3.18. The summed E-state index contributed by atoms with van der Waals surface area (Å²) in [5.41, 5.74) is 3.61. The van der Waals surface area contributed by atoms with Crippen LogP contribution in [0.5, 0.6) is 23.0 Å². The molecule has 3 aromatic carbocycles. The molecule has 9 nitrogen and oxygen atoms in total. The van der Waals surface area contributed by atoms with Crippen molar-refractivity contribution in [3.05, 3.63) is 84.4 Å². The van der Waals surface area contributed by atoms with Gasteiger partial charge < -0.3 is 28.4 Å². The van der Waals surface area contributed by atoms with E-state index >= 15 is 0 Å². The number of ether oxygens (including phenoxy) is 6. The number of para-hydroxylation sites is 4. The van der Waals surface area contributed by atoms with Crippen LogP contribution in [0.3, 0.4) is 0 Å². The van der Waals surface area contributed by atoms with E-state index < -0.39 is 12.2 Å². The molecule has 0 spiro atoms. The van der Waals surface area contributed by atoms with E-state index in [1.807, 2.05) is 78.9 Å². The Morgan fingerprint density at radius 1 is 0.604 bits per heavy atom. The van der Waals surface area contributed by atoms with E-state index in [9.17, 15) is 4.79 Å². The van der Waals surface area contributed by atoms with Crippen molar-refractivity contribution in [3.63, 3.8) is 0 Å². The maximum absolute atomic E-state index is 13.6. The third kappa shape index (κ3) is 17.7. The van der Waals surface area contributed by atoms with Gasteiger partial charge in [0.05, 0.1) is 19.8 Å². The van der Waals surface area contributed by atoms with E-state index in [4.69, 9.17) is 33.3 Å². The van der Waals surface area contributed by atoms with E-state index in [0.717, 1.165) is 24.8 Å². The summed E-state index contributed by atoms with van der Waals surface area (Å²) in [5, 5.41) is 0. The lowest BCUT2D eigenvalue weighted by atomic mass is 10.0. The van der Waals surface area contributed by atoms with Gasteiger partial charge in [-0.2, -0.15) is 0 Å². The number of carbonyl (C=O) groups is 1. The van der Waals surface area contributed by atoms with Gasteiger partial charge in [-0.1, -0.05) is 151 Å². The number of benzene rings is 3. The fourth-order valence-electron chi connectivity index (χ4n) is 6.24. The van der Waals surface area contributed by atoms with Gasteiger partial charge >= 0.3 is 0 Å². The molecule has 3 aromatic rings. The first-order valence-electron chi connectivity index (χ1n) is 20.1. The lowest BCUT2D eigenvalue weighted by molar-refractivity contribution is -0.153. The first-order chi connectivity index (χ1) is 26.2. The number of fused-ring (bicyclic) bond motifs is 2. The van der Waals surface area contributed by atoms with Gasteiger partial charge in [-0.15, -0.1) is 0 Å². The highest BCUT2D eigenvalue weighted by atomic mass is 16.7. The molecular weight excluding hydrogens is 670 g/mol. The quantitative estimate of drug-likeness (QED) is 0.0855. The summed E-state index contributed by atoms with van der Waals surface area (Å²) in [4.78, 5) is 19.2. The van der Waals surface area contributed by atoms with E-state index in [1.54, 1.807) is 0 Å². The van der Waals surface area contributed by atoms with Crippen LogP contribution in [-0.4, -0.2) is 57.8 Å². The van der Waals surface area contributed by atoms with Crippen LogP contribution in [0.25, 0.3) is 0 Å². The van der Waals surface area contributed by atoms with Crippen molar-refractivity contribution in [2.45, 2.75) is 122 Å². The van der Waals surface area contributed by atoms with Crippen LogP contribution < -0.4 is 24.4 Å². The molecule has 1 heterocycles. The number of hydroxylamine groups is 1. The highest BCUT2D eigenvalue weighted by molar-refractivity contribution is 5.79. The van der Waals surface area contributed by atoms with Crippen molar-refractivity contribution in [3.8, 4) is 23.0 Å². The Morgan fingerprint density at radius 2 is 1.06 bits per heavy atom. The molecule has 0 fully saturated rings. The summed E-state index contributed by atoms with van der Waals surface area (Å²) in [7, 11) is 0. The van der Waals surface area contributed by atoms with Gasteiger partial charge in [-0.3, -0.25) is 9.63 Å². The van der Waals surface area contributed by atoms with Gasteiger partial charge in [0.1, 0.15) is 38.6 Å². The van der Waals surface area contributed by atoms with Gasteiger partial charge in [-0.05, 0) is 36.2 Å². The van der Waals surface area contributed by atoms with Crippen molar-refractivity contribution in [2.24, 2.45) is 0 Å². The van der Waals surface area contributed by atoms with Crippen LogP contribution in [0.15, 0.2) is 78.9 Å². The summed E-state index contributed by atoms with van der Waals surface area (Å²) in [5.74, 6) is 2.05. The summed E-state index contributed by atoms with van der Waals surface area (Å²) in [6.45, 7) is 4.33. The van der Waals surface area contributed by atoms with Gasteiger partial charge in [0, 0.05) is 0 Å². The Hall–Kier alpha value is -3.79. The molecule has 0 saturated carbocycles. The lowest BCUT2D eigenvalue weighted by Crippen LogP contribution is -2.42. The second-order valence-corrected chi connectivity index (χ2v) is 13.7. The largest absolute Gasteiger partial charge is 0.487 e. The van der Waals surface area contributed by atoms with Crippen LogP contribution >= 0.6 is 0 Å². The molecule has 1 unspecified atom stereocenters. The maximum Gasteiger partial charge on any atom is 0.272 e. The van der Waals surface area contributed by atoms with Gasteiger partial charge in [0.2, 0.25) is 0 Å². The second-order valence-electron chi connectivity index (χ2n) is 13.7. The average molecular weight is 734 g/mol. The van der Waals surface area contributed by atoms with Crippen molar-refractivity contribution in [2.75, 3.05) is 39.6 Å². The molecule has 1 aliphatic rings. The maximum atomic E-state index is 13.6. The van der Waals surface area contributed by atoms with Crippen LogP contribution in [-0.2, 0) is 25.7 Å². The fourth-order valence-corrected chi connectivity index (χ4v) is 6.24. The number of rotatable bonds is 21. The number of hydrogen-bond donors (Lipinski definition) is 1. The standard InChI is InChI=1S/C44H63NO8/c1-2-3-4-5-6-7-8-9-10-11-12-13-14-18-29-43(44(46)45-52-34-37-23-16-15-17-24-37)53-38-35-50-41-27-21-19-25-39(41)48-32-30-47-31-33-49-40-26-20-22-28-42(40)51-36-38/h15-17,19-28,38,43H,2-14,18,29-36H2,1H3,(H,45,46). The predicted octanol–water partition coefficient (Wildman–Crippen LogP) is 9.81. The van der Waals surface area contributed by atoms with Crippen LogP contribution in [0, 0.1) is 0 Å². The van der Waals surface area contributed by atoms with Crippen molar-refractivity contribution in [1.82, 2.24) is 5.48 Å². The van der Waals surface area contributed by atoms with E-state index in [-0.39, 0.29) is 25.7 Å². The Balaban J connectivity index is 1.34. The molecule has 1 atom stereocenters. The number of unbranched alkanes of at least 4 members (excludes halogenated alkanes) is 13. The topological polar surface area (TPSA) is 93.7 Å². The molecule has 1 N–H and O–H groups in total. The summed E-state index contributed by atoms with van der Waals surface area (Å²) < 4.78 is 36.7. The smallest absolute Gasteiger partial charge is 0.272 e. The molecule has 0 bridgehead atoms. The Morgan fingerprint density at radius 3 is 1.57 bits per heavy atom. The first kappa shape index (κ1) is 42.0. The fraction of sp³-hybridized carbons (Fsp3) is 0.568. The van der Waals surface area contributed by atoms with E-state index in [2.05, 4.69) is 12.4 Å². The van der Waals surface area contributed by atoms with Crippen molar-refractivity contribution < 1.29 is 38.1 Å². The Kier molecular flexibility index (Phi) is 21.3. The van der Waals surface area contributed by atoms with Gasteiger partial charge in [-0.25, -0.2) is 5.48 Å². The second kappa shape index (κ2) is 26.9. The van der Waals surface area contributed by atoms with Crippen LogP contribution in [0.4, 0.5) is 0 Å². The van der Waals surface area contributed by atoms with Gasteiger partial charge in [0.15, 0.2) is 23.0 Å². The minimum absolute atomic E-state index is 0.132. The molecule has 0 radical (unpaired) electrons. The van der Waals surface area contributed by atoms with Crippen molar-refractivity contribution >= 4 is 5.91 Å². The zero-order valence-corrected chi connectivity index (χ0v) is 32.0. The third-order valence-corrected chi connectivity index (χ3v) is 9.24. The van der Waals surface area contributed by atoms with Crippen LogP contribution in [0.1, 0.15) is 109 Å². The minimum Gasteiger partial charge on any atom is -0.487 e. The molecule has 4 rings (SSSR count). The zero-order chi connectivity index (χ0) is 37.0. The van der Waals surface area contributed by atoms with Crippen LogP contribution in [0.2, 0.25) is 0 Å². The van der Waals surface area contributed by atoms with E-state index in [1.165, 1.54) is 70.6 Å². The zero-order valence-electron chi connectivity index (χ0n) is 32.0. The molecular formula is C44H63NO8. The molecule has 292 valence electrons. The Labute approximate surface area is 317 Å². The predicted molar refractivity (Wildman–Crippen MR) is 209 cm³/mol.